The van der Waals surface area contributed by atoms with Crippen molar-refractivity contribution in [3.8, 4) is 0 Å². The number of carbonyl (C=O) groups is 2. The molecule has 4 heteroatoms. The summed E-state index contributed by atoms with van der Waals surface area (Å²) < 4.78 is 0. The fraction of sp³-hybridized carbons (Fsp3) is 0.727. The lowest BCUT2D eigenvalue weighted by Gasteiger charge is -2.15. The molecular formula is C22H35NO2S. The molecule has 146 valence electrons. The number of thiophene rings is 1. The molecule has 1 aromatic rings. The molecule has 26 heavy (non-hydrogen) atoms. The maximum atomic E-state index is 13.0. The average molecular weight is 378 g/mol. The number of hydrogen-bond acceptors (Lipinski definition) is 3. The zero-order valence-electron chi connectivity index (χ0n) is 17.0. The van der Waals surface area contributed by atoms with E-state index >= 15 is 0 Å². The van der Waals surface area contributed by atoms with Crippen molar-refractivity contribution in [1.82, 2.24) is 4.90 Å². The van der Waals surface area contributed by atoms with E-state index in [9.17, 15) is 9.59 Å². The van der Waals surface area contributed by atoms with Crippen LogP contribution in [0.5, 0.6) is 0 Å². The van der Waals surface area contributed by atoms with Crippen molar-refractivity contribution in [1.29, 1.82) is 0 Å². The van der Waals surface area contributed by atoms with Crippen LogP contribution in [0.3, 0.4) is 0 Å². The fourth-order valence-electron chi connectivity index (χ4n) is 3.69. The minimum Gasteiger partial charge on any atom is -0.274 e. The number of rotatable bonds is 12. The lowest BCUT2D eigenvalue weighted by molar-refractivity contribution is 0.0651. The summed E-state index contributed by atoms with van der Waals surface area (Å²) in [5, 5.41) is 0. The fourth-order valence-corrected chi connectivity index (χ4v) is 5.11. The Morgan fingerprint density at radius 2 is 1.50 bits per heavy atom. The van der Waals surface area contributed by atoms with Crippen molar-refractivity contribution < 1.29 is 9.59 Å². The Hall–Kier alpha value is -1.16. The predicted octanol–water partition coefficient (Wildman–Crippen LogP) is 6.56. The van der Waals surface area contributed by atoms with Gasteiger partial charge in [0.25, 0.3) is 11.8 Å². The normalized spacial score (nSPS) is 15.0. The first-order valence-electron chi connectivity index (χ1n) is 10.6. The first kappa shape index (κ1) is 21.1. The summed E-state index contributed by atoms with van der Waals surface area (Å²) in [6, 6.07) is 0. The van der Waals surface area contributed by atoms with Crippen molar-refractivity contribution in [2.45, 2.75) is 97.8 Å². The predicted molar refractivity (Wildman–Crippen MR) is 110 cm³/mol. The third-order valence-corrected chi connectivity index (χ3v) is 6.84. The highest BCUT2D eigenvalue weighted by atomic mass is 32.1. The van der Waals surface area contributed by atoms with Gasteiger partial charge >= 0.3 is 0 Å². The summed E-state index contributed by atoms with van der Waals surface area (Å²) in [4.78, 5) is 29.8. The summed E-state index contributed by atoms with van der Waals surface area (Å²) in [6.45, 7) is 9.29. The maximum absolute atomic E-state index is 13.0. The number of aryl methyl sites for hydroxylation is 1. The first-order chi connectivity index (χ1) is 12.6. The van der Waals surface area contributed by atoms with Gasteiger partial charge in [-0.3, -0.25) is 14.5 Å². The lowest BCUT2D eigenvalue weighted by atomic mass is 9.97. The SMILES string of the molecule is CCCCCCc1sc(C(C)CCCC)c2c1C(=O)N(CCCC)C2=O. The second kappa shape index (κ2) is 10.2. The molecule has 0 aliphatic carbocycles. The first-order valence-corrected chi connectivity index (χ1v) is 11.4. The minimum atomic E-state index is -0.0344. The van der Waals surface area contributed by atoms with Crippen LogP contribution in [-0.2, 0) is 6.42 Å². The minimum absolute atomic E-state index is 0.0332. The van der Waals surface area contributed by atoms with Crippen LogP contribution in [0.25, 0.3) is 0 Å². The van der Waals surface area contributed by atoms with Crippen molar-refractivity contribution in [2.24, 2.45) is 0 Å². The van der Waals surface area contributed by atoms with Crippen LogP contribution < -0.4 is 0 Å². The van der Waals surface area contributed by atoms with Gasteiger partial charge in [-0.05, 0) is 31.6 Å². The smallest absolute Gasteiger partial charge is 0.262 e. The number of imide groups is 1. The van der Waals surface area contributed by atoms with Gasteiger partial charge < -0.3 is 0 Å². The molecule has 2 amide bonds. The van der Waals surface area contributed by atoms with Crippen LogP contribution in [-0.4, -0.2) is 23.3 Å². The molecule has 1 atom stereocenters. The molecule has 3 nitrogen and oxygen atoms in total. The summed E-state index contributed by atoms with van der Waals surface area (Å²) in [7, 11) is 0. The number of hydrogen-bond donors (Lipinski definition) is 0. The van der Waals surface area contributed by atoms with Crippen molar-refractivity contribution >= 4 is 23.2 Å². The zero-order valence-corrected chi connectivity index (χ0v) is 17.8. The molecule has 0 saturated heterocycles. The van der Waals surface area contributed by atoms with Gasteiger partial charge in [0.2, 0.25) is 0 Å². The number of fused-ring (bicyclic) bond motifs is 1. The van der Waals surface area contributed by atoms with E-state index in [0.29, 0.717) is 12.5 Å². The molecule has 1 unspecified atom stereocenters. The van der Waals surface area contributed by atoms with Gasteiger partial charge in [-0.1, -0.05) is 66.2 Å². The lowest BCUT2D eigenvalue weighted by Crippen LogP contribution is -2.31. The molecule has 0 spiro atoms. The Bertz CT molecular complexity index is 620. The molecule has 0 N–H and O–H groups in total. The number of carbonyl (C=O) groups excluding carboxylic acids is 2. The summed E-state index contributed by atoms with van der Waals surface area (Å²) in [5.74, 6) is 0.294. The van der Waals surface area contributed by atoms with Crippen molar-refractivity contribution in [3.05, 3.63) is 20.9 Å². The largest absolute Gasteiger partial charge is 0.274 e. The van der Waals surface area contributed by atoms with Crippen LogP contribution in [0, 0.1) is 0 Å². The third-order valence-electron chi connectivity index (χ3n) is 5.36. The quantitative estimate of drug-likeness (QED) is 0.305. The molecule has 2 rings (SSSR count). The van der Waals surface area contributed by atoms with E-state index in [-0.39, 0.29) is 11.8 Å². The Labute approximate surface area is 163 Å². The summed E-state index contributed by atoms with van der Waals surface area (Å²) in [6.07, 6.45) is 11.0. The highest BCUT2D eigenvalue weighted by molar-refractivity contribution is 7.13. The summed E-state index contributed by atoms with van der Waals surface area (Å²) >= 11 is 1.74. The third kappa shape index (κ3) is 4.57. The second-order valence-corrected chi connectivity index (χ2v) is 8.75. The molecule has 2 heterocycles. The van der Waals surface area contributed by atoms with Crippen LogP contribution >= 0.6 is 11.3 Å². The van der Waals surface area contributed by atoms with Gasteiger partial charge in [-0.25, -0.2) is 0 Å². The Morgan fingerprint density at radius 3 is 2.15 bits per heavy atom. The molecule has 0 aromatic carbocycles. The average Bonchev–Trinajstić information content (AvgIpc) is 3.13. The zero-order chi connectivity index (χ0) is 19.1. The Balaban J connectivity index is 2.29. The summed E-state index contributed by atoms with van der Waals surface area (Å²) in [5.41, 5.74) is 1.51. The topological polar surface area (TPSA) is 37.4 Å². The molecular weight excluding hydrogens is 342 g/mol. The second-order valence-electron chi connectivity index (χ2n) is 7.61. The van der Waals surface area contributed by atoms with E-state index in [1.165, 1.54) is 30.6 Å². The van der Waals surface area contributed by atoms with Gasteiger partial charge in [0.1, 0.15) is 0 Å². The molecule has 0 bridgehead atoms. The molecule has 1 aliphatic rings. The van der Waals surface area contributed by atoms with E-state index in [1.807, 2.05) is 0 Å². The van der Waals surface area contributed by atoms with Gasteiger partial charge in [0.15, 0.2) is 0 Å². The standard InChI is InChI=1S/C22H35NO2S/c1-5-8-11-12-14-17-18-19(20(26-17)16(4)13-9-6-2)22(25)23(21(18)24)15-10-7-3/h16H,5-15H2,1-4H3. The molecule has 0 saturated carbocycles. The maximum Gasteiger partial charge on any atom is 0.262 e. The van der Waals surface area contributed by atoms with E-state index in [1.54, 1.807) is 11.3 Å². The monoisotopic (exact) mass is 377 g/mol. The van der Waals surface area contributed by atoms with Crippen LogP contribution in [0.1, 0.15) is 122 Å². The van der Waals surface area contributed by atoms with Gasteiger partial charge in [0.05, 0.1) is 11.1 Å². The van der Waals surface area contributed by atoms with E-state index in [2.05, 4.69) is 27.7 Å². The van der Waals surface area contributed by atoms with Crippen LogP contribution in [0.2, 0.25) is 0 Å². The molecule has 1 aliphatic heterocycles. The van der Waals surface area contributed by atoms with E-state index in [0.717, 1.165) is 59.4 Å². The molecule has 0 radical (unpaired) electrons. The Morgan fingerprint density at radius 1 is 0.846 bits per heavy atom. The highest BCUT2D eigenvalue weighted by Crippen LogP contribution is 2.41. The van der Waals surface area contributed by atoms with Crippen LogP contribution in [0.15, 0.2) is 0 Å². The van der Waals surface area contributed by atoms with Crippen LogP contribution in [0.4, 0.5) is 0 Å². The van der Waals surface area contributed by atoms with Gasteiger partial charge in [0, 0.05) is 16.3 Å². The van der Waals surface area contributed by atoms with Gasteiger partial charge in [-0.15, -0.1) is 11.3 Å². The number of unbranched alkanes of at least 4 members (excludes halogenated alkanes) is 5. The van der Waals surface area contributed by atoms with E-state index < -0.39 is 0 Å². The highest BCUT2D eigenvalue weighted by Gasteiger charge is 2.41. The Kier molecular flexibility index (Phi) is 8.33. The molecule has 0 fully saturated rings. The van der Waals surface area contributed by atoms with Crippen molar-refractivity contribution in [3.63, 3.8) is 0 Å². The van der Waals surface area contributed by atoms with Gasteiger partial charge in [-0.2, -0.15) is 0 Å². The van der Waals surface area contributed by atoms with E-state index in [4.69, 9.17) is 0 Å². The molecule has 1 aromatic heterocycles. The van der Waals surface area contributed by atoms with Crippen molar-refractivity contribution in [2.75, 3.05) is 6.54 Å². The number of nitrogens with zero attached hydrogens (tertiary/aromatic N) is 1. The number of amides is 2.